The number of hydrogen-bond donors (Lipinski definition) is 2. The van der Waals surface area contributed by atoms with Gasteiger partial charge in [-0.25, -0.2) is 4.79 Å². The molecule has 0 saturated heterocycles. The third kappa shape index (κ3) is 4.47. The van der Waals surface area contributed by atoms with E-state index in [1.807, 2.05) is 24.4 Å². The molecule has 29 heavy (non-hydrogen) atoms. The Morgan fingerprint density at radius 2 is 1.76 bits per heavy atom. The molecule has 4 bridgehead atoms. The lowest BCUT2D eigenvalue weighted by Gasteiger charge is -2.56. The second-order valence-electron chi connectivity index (χ2n) is 9.97. The van der Waals surface area contributed by atoms with E-state index in [1.54, 1.807) is 0 Å². The second kappa shape index (κ2) is 7.71. The van der Waals surface area contributed by atoms with Crippen LogP contribution in [-0.2, 0) is 11.3 Å². The van der Waals surface area contributed by atoms with E-state index in [-0.39, 0.29) is 17.5 Å². The fourth-order valence-corrected chi connectivity index (χ4v) is 6.50. The number of rotatable bonds is 7. The molecule has 0 atom stereocenters. The Morgan fingerprint density at radius 3 is 2.34 bits per heavy atom. The van der Waals surface area contributed by atoms with Crippen molar-refractivity contribution in [3.05, 3.63) is 30.1 Å². The summed E-state index contributed by atoms with van der Waals surface area (Å²) in [4.78, 5) is 31.7. The average molecular weight is 397 g/mol. The van der Waals surface area contributed by atoms with Gasteiger partial charge in [-0.05, 0) is 81.3 Å². The average Bonchev–Trinajstić information content (AvgIpc) is 3.49. The van der Waals surface area contributed by atoms with Crippen molar-refractivity contribution in [3.8, 4) is 0 Å². The van der Waals surface area contributed by atoms with Crippen LogP contribution in [-0.4, -0.2) is 39.9 Å². The minimum absolute atomic E-state index is 0.0574. The fraction of sp³-hybridized carbons (Fsp3) is 0.696. The number of carbonyl (C=O) groups excluding carboxylic acids is 2. The summed E-state index contributed by atoms with van der Waals surface area (Å²) in [7, 11) is 0. The first-order chi connectivity index (χ1) is 14.1. The number of carbonyl (C=O) groups is 2. The van der Waals surface area contributed by atoms with Gasteiger partial charge in [0.25, 0.3) is 0 Å². The van der Waals surface area contributed by atoms with Gasteiger partial charge < -0.3 is 5.32 Å². The molecule has 0 spiro atoms. The van der Waals surface area contributed by atoms with Gasteiger partial charge in [0, 0.05) is 37.3 Å². The first-order valence-electron chi connectivity index (χ1n) is 11.3. The second-order valence-corrected chi connectivity index (χ2v) is 9.97. The van der Waals surface area contributed by atoms with Crippen molar-refractivity contribution >= 4 is 11.9 Å². The van der Waals surface area contributed by atoms with Crippen LogP contribution in [0.3, 0.4) is 0 Å². The largest absolute Gasteiger partial charge is 0.332 e. The fourth-order valence-electron chi connectivity index (χ4n) is 6.50. The SMILES string of the molecule is O=C(CCN(Cc1ccccn1)C1CC1)NC(=O)NC12CC3CC(CC(C3)C1)C2. The van der Waals surface area contributed by atoms with Crippen LogP contribution in [0.15, 0.2) is 24.4 Å². The highest BCUT2D eigenvalue weighted by molar-refractivity contribution is 5.94. The molecule has 5 aliphatic rings. The Balaban J connectivity index is 1.10. The Hall–Kier alpha value is -1.95. The zero-order chi connectivity index (χ0) is 19.8. The number of aromatic nitrogens is 1. The van der Waals surface area contributed by atoms with Crippen LogP contribution in [0.1, 0.15) is 63.5 Å². The first-order valence-corrected chi connectivity index (χ1v) is 11.3. The highest BCUT2D eigenvalue weighted by Crippen LogP contribution is 2.55. The molecular weight excluding hydrogens is 364 g/mol. The maximum absolute atomic E-state index is 12.6. The van der Waals surface area contributed by atoms with E-state index in [0.717, 1.165) is 49.3 Å². The molecule has 0 unspecified atom stereocenters. The van der Waals surface area contributed by atoms with Crippen LogP contribution in [0.4, 0.5) is 4.79 Å². The van der Waals surface area contributed by atoms with Gasteiger partial charge in [-0.1, -0.05) is 6.07 Å². The minimum Gasteiger partial charge on any atom is -0.332 e. The van der Waals surface area contributed by atoms with Crippen molar-refractivity contribution in [2.75, 3.05) is 6.54 Å². The molecule has 0 aromatic carbocycles. The topological polar surface area (TPSA) is 74.3 Å². The van der Waals surface area contributed by atoms with E-state index in [2.05, 4.69) is 20.5 Å². The van der Waals surface area contributed by atoms with Crippen molar-refractivity contribution < 1.29 is 9.59 Å². The van der Waals surface area contributed by atoms with E-state index >= 15 is 0 Å². The van der Waals surface area contributed by atoms with Gasteiger partial charge in [-0.15, -0.1) is 0 Å². The van der Waals surface area contributed by atoms with Crippen LogP contribution in [0.2, 0.25) is 0 Å². The molecule has 5 saturated carbocycles. The van der Waals surface area contributed by atoms with Gasteiger partial charge in [-0.3, -0.25) is 20.0 Å². The van der Waals surface area contributed by atoms with Gasteiger partial charge in [0.05, 0.1) is 5.69 Å². The molecule has 0 aliphatic heterocycles. The van der Waals surface area contributed by atoms with E-state index in [9.17, 15) is 9.59 Å². The molecule has 2 N–H and O–H groups in total. The Morgan fingerprint density at radius 1 is 1.07 bits per heavy atom. The monoisotopic (exact) mass is 396 g/mol. The third-order valence-electron chi connectivity index (χ3n) is 7.45. The zero-order valence-corrected chi connectivity index (χ0v) is 17.1. The smallest absolute Gasteiger partial charge is 0.321 e. The summed E-state index contributed by atoms with van der Waals surface area (Å²) in [6.07, 6.45) is 11.8. The first kappa shape index (κ1) is 19.0. The zero-order valence-electron chi connectivity index (χ0n) is 17.1. The minimum atomic E-state index is -0.292. The van der Waals surface area contributed by atoms with Crippen molar-refractivity contribution in [2.24, 2.45) is 17.8 Å². The van der Waals surface area contributed by atoms with Gasteiger partial charge in [0.2, 0.25) is 5.91 Å². The standard InChI is InChI=1S/C23H32N4O2/c28-21(6-8-27(20-4-5-20)15-19-3-1-2-7-24-19)25-22(29)26-23-12-16-9-17(13-23)11-18(10-16)14-23/h1-3,7,16-18,20H,4-6,8-15H2,(H2,25,26,28,29). The van der Waals surface area contributed by atoms with Gasteiger partial charge >= 0.3 is 6.03 Å². The highest BCUT2D eigenvalue weighted by atomic mass is 16.2. The number of nitrogens with one attached hydrogen (secondary N) is 2. The summed E-state index contributed by atoms with van der Waals surface area (Å²) in [5.41, 5.74) is 0.970. The highest BCUT2D eigenvalue weighted by Gasteiger charge is 2.51. The van der Waals surface area contributed by atoms with E-state index < -0.39 is 0 Å². The number of nitrogens with zero attached hydrogens (tertiary/aromatic N) is 2. The predicted molar refractivity (Wildman–Crippen MR) is 110 cm³/mol. The molecule has 0 radical (unpaired) electrons. The van der Waals surface area contributed by atoms with Gasteiger partial charge in [-0.2, -0.15) is 0 Å². The summed E-state index contributed by atoms with van der Waals surface area (Å²) in [6, 6.07) is 6.19. The Labute approximate surface area is 172 Å². The third-order valence-corrected chi connectivity index (χ3v) is 7.45. The lowest BCUT2D eigenvalue weighted by Crippen LogP contribution is -2.61. The summed E-state index contributed by atoms with van der Waals surface area (Å²) < 4.78 is 0. The molecule has 6 rings (SSSR count). The van der Waals surface area contributed by atoms with Gasteiger partial charge in [0.15, 0.2) is 0 Å². The van der Waals surface area contributed by atoms with Crippen molar-refractivity contribution in [1.82, 2.24) is 20.5 Å². The molecule has 1 aromatic rings. The van der Waals surface area contributed by atoms with Crippen LogP contribution >= 0.6 is 0 Å². The molecular formula is C23H32N4O2. The predicted octanol–water partition coefficient (Wildman–Crippen LogP) is 3.23. The van der Waals surface area contributed by atoms with Crippen LogP contribution in [0.5, 0.6) is 0 Å². The lowest BCUT2D eigenvalue weighted by atomic mass is 9.53. The van der Waals surface area contributed by atoms with Crippen molar-refractivity contribution in [1.29, 1.82) is 0 Å². The molecule has 6 nitrogen and oxygen atoms in total. The molecule has 5 fully saturated rings. The summed E-state index contributed by atoms with van der Waals surface area (Å²) >= 11 is 0. The van der Waals surface area contributed by atoms with Crippen LogP contribution in [0, 0.1) is 17.8 Å². The quantitative estimate of drug-likeness (QED) is 0.742. The molecule has 6 heteroatoms. The maximum Gasteiger partial charge on any atom is 0.321 e. The molecule has 1 heterocycles. The van der Waals surface area contributed by atoms with Gasteiger partial charge in [0.1, 0.15) is 0 Å². The molecule has 5 aliphatic carbocycles. The summed E-state index contributed by atoms with van der Waals surface area (Å²) in [6.45, 7) is 1.43. The molecule has 1 aromatic heterocycles. The number of urea groups is 1. The summed E-state index contributed by atoms with van der Waals surface area (Å²) in [5.74, 6) is 2.14. The van der Waals surface area contributed by atoms with E-state index in [1.165, 1.54) is 32.1 Å². The van der Waals surface area contributed by atoms with E-state index in [0.29, 0.717) is 19.0 Å². The molecule has 3 amide bonds. The number of imide groups is 1. The van der Waals surface area contributed by atoms with Crippen molar-refractivity contribution in [3.63, 3.8) is 0 Å². The lowest BCUT2D eigenvalue weighted by molar-refractivity contribution is -0.120. The van der Waals surface area contributed by atoms with Crippen molar-refractivity contribution in [2.45, 2.75) is 75.9 Å². The number of amides is 3. The Kier molecular flexibility index (Phi) is 5.06. The normalized spacial score (nSPS) is 32.4. The number of pyridine rings is 1. The maximum atomic E-state index is 12.6. The molecule has 156 valence electrons. The van der Waals surface area contributed by atoms with Crippen LogP contribution < -0.4 is 10.6 Å². The van der Waals surface area contributed by atoms with E-state index in [4.69, 9.17) is 0 Å². The Bertz CT molecular complexity index is 726. The summed E-state index contributed by atoms with van der Waals surface area (Å²) in [5, 5.41) is 5.83. The number of hydrogen-bond acceptors (Lipinski definition) is 4. The van der Waals surface area contributed by atoms with Crippen LogP contribution in [0.25, 0.3) is 0 Å².